The Bertz CT molecular complexity index is 677. The summed E-state index contributed by atoms with van der Waals surface area (Å²) in [7, 11) is 0. The summed E-state index contributed by atoms with van der Waals surface area (Å²) in [6.45, 7) is 1.64. The van der Waals surface area contributed by atoms with Crippen LogP contribution >= 0.6 is 0 Å². The van der Waals surface area contributed by atoms with Gasteiger partial charge in [-0.05, 0) is 18.6 Å². The van der Waals surface area contributed by atoms with Gasteiger partial charge in [-0.1, -0.05) is 30.3 Å². The lowest BCUT2D eigenvalue weighted by Crippen LogP contribution is -2.08. The number of nitro benzene ring substituents is 1. The summed E-state index contributed by atoms with van der Waals surface area (Å²) in [5.74, 6) is 0.530. The van der Waals surface area contributed by atoms with Gasteiger partial charge in [0.05, 0.1) is 4.92 Å². The van der Waals surface area contributed by atoms with E-state index < -0.39 is 11.0 Å². The highest BCUT2D eigenvalue weighted by atomic mass is 16.6. The fraction of sp³-hybridized carbons (Fsp3) is 0.133. The molecule has 2 aromatic rings. The molecule has 0 aromatic heterocycles. The molecule has 0 aliphatic heterocycles. The van der Waals surface area contributed by atoms with Gasteiger partial charge in [0.25, 0.3) is 5.69 Å². The summed E-state index contributed by atoms with van der Waals surface area (Å²) in [6, 6.07) is 15.5. The average molecular weight is 268 g/mol. The highest BCUT2D eigenvalue weighted by Crippen LogP contribution is 2.32. The number of ether oxygens (including phenoxy) is 1. The first-order chi connectivity index (χ1) is 9.61. The lowest BCUT2D eigenvalue weighted by molar-refractivity contribution is -0.384. The van der Waals surface area contributed by atoms with Crippen molar-refractivity contribution in [2.24, 2.45) is 0 Å². The van der Waals surface area contributed by atoms with E-state index in [-0.39, 0.29) is 5.69 Å². The molecule has 0 fully saturated rings. The maximum atomic E-state index is 10.8. The Morgan fingerprint density at radius 2 is 2.00 bits per heavy atom. The minimum absolute atomic E-state index is 0.0191. The Labute approximate surface area is 116 Å². The number of rotatable bonds is 4. The SMILES string of the molecule is CC(C#N)Oc1ccccc1-c1cccc([N+](=O)[O-])c1. The van der Waals surface area contributed by atoms with Crippen LogP contribution in [0.3, 0.4) is 0 Å². The second kappa shape index (κ2) is 5.85. The van der Waals surface area contributed by atoms with Gasteiger partial charge in [0, 0.05) is 17.7 Å². The molecule has 20 heavy (non-hydrogen) atoms. The molecule has 1 unspecified atom stereocenters. The molecule has 5 nitrogen and oxygen atoms in total. The van der Waals surface area contributed by atoms with E-state index in [2.05, 4.69) is 0 Å². The topological polar surface area (TPSA) is 76.2 Å². The predicted molar refractivity (Wildman–Crippen MR) is 74.2 cm³/mol. The summed E-state index contributed by atoms with van der Waals surface area (Å²) in [5.41, 5.74) is 1.42. The highest BCUT2D eigenvalue weighted by Gasteiger charge is 2.12. The summed E-state index contributed by atoms with van der Waals surface area (Å²) < 4.78 is 5.52. The number of benzene rings is 2. The van der Waals surface area contributed by atoms with Crippen LogP contribution in [0.2, 0.25) is 0 Å². The molecule has 0 amide bonds. The van der Waals surface area contributed by atoms with Gasteiger partial charge >= 0.3 is 0 Å². The maximum absolute atomic E-state index is 10.8. The summed E-state index contributed by atoms with van der Waals surface area (Å²) in [6.07, 6.45) is -0.588. The van der Waals surface area contributed by atoms with Crippen molar-refractivity contribution in [1.29, 1.82) is 5.26 Å². The Kier molecular flexibility index (Phi) is 3.96. The molecule has 5 heteroatoms. The van der Waals surface area contributed by atoms with Crippen molar-refractivity contribution < 1.29 is 9.66 Å². The highest BCUT2D eigenvalue weighted by molar-refractivity contribution is 5.72. The van der Waals surface area contributed by atoms with Crippen LogP contribution in [0.4, 0.5) is 5.69 Å². The van der Waals surface area contributed by atoms with Crippen molar-refractivity contribution in [3.8, 4) is 22.9 Å². The molecule has 0 radical (unpaired) electrons. The second-order valence-corrected chi connectivity index (χ2v) is 4.19. The monoisotopic (exact) mass is 268 g/mol. The van der Waals surface area contributed by atoms with Gasteiger partial charge in [-0.25, -0.2) is 0 Å². The maximum Gasteiger partial charge on any atom is 0.270 e. The van der Waals surface area contributed by atoms with E-state index in [4.69, 9.17) is 10.00 Å². The second-order valence-electron chi connectivity index (χ2n) is 4.19. The standard InChI is InChI=1S/C15H12N2O3/c1-11(10-16)20-15-8-3-2-7-14(15)12-5-4-6-13(9-12)17(18)19/h2-9,11H,1H3. The van der Waals surface area contributed by atoms with E-state index >= 15 is 0 Å². The zero-order valence-electron chi connectivity index (χ0n) is 10.8. The zero-order valence-corrected chi connectivity index (χ0v) is 10.8. The van der Waals surface area contributed by atoms with Crippen LogP contribution < -0.4 is 4.74 Å². The molecule has 0 aliphatic carbocycles. The van der Waals surface area contributed by atoms with Crippen molar-refractivity contribution >= 4 is 5.69 Å². The van der Waals surface area contributed by atoms with Crippen molar-refractivity contribution in [1.82, 2.24) is 0 Å². The number of hydrogen-bond donors (Lipinski definition) is 0. The summed E-state index contributed by atoms with van der Waals surface area (Å²) in [4.78, 5) is 10.4. The Morgan fingerprint density at radius 3 is 2.70 bits per heavy atom. The molecule has 0 aliphatic rings. The molecule has 0 spiro atoms. The largest absolute Gasteiger partial charge is 0.475 e. The lowest BCUT2D eigenvalue weighted by atomic mass is 10.0. The van der Waals surface area contributed by atoms with Gasteiger partial charge in [0.2, 0.25) is 0 Å². The molecule has 0 N–H and O–H groups in total. The number of nitrogens with zero attached hydrogens (tertiary/aromatic N) is 2. The van der Waals surface area contributed by atoms with Gasteiger partial charge in [0.15, 0.2) is 6.10 Å². The molecule has 2 rings (SSSR count). The van der Waals surface area contributed by atoms with Crippen LogP contribution in [0.5, 0.6) is 5.75 Å². The molecule has 100 valence electrons. The number of para-hydroxylation sites is 1. The first kappa shape index (κ1) is 13.6. The van der Waals surface area contributed by atoms with Crippen molar-refractivity contribution in [3.05, 3.63) is 58.6 Å². The molecule has 0 heterocycles. The molecule has 0 saturated heterocycles. The van der Waals surface area contributed by atoms with Gasteiger partial charge in [-0.2, -0.15) is 5.26 Å². The number of nitriles is 1. The third-order valence-corrected chi connectivity index (χ3v) is 2.74. The van der Waals surface area contributed by atoms with E-state index in [1.807, 2.05) is 12.1 Å². The molecular weight excluding hydrogens is 256 g/mol. The molecule has 2 aromatic carbocycles. The summed E-state index contributed by atoms with van der Waals surface area (Å²) in [5, 5.41) is 19.6. The van der Waals surface area contributed by atoms with E-state index in [9.17, 15) is 10.1 Å². The van der Waals surface area contributed by atoms with Gasteiger partial charge in [-0.3, -0.25) is 10.1 Å². The van der Waals surface area contributed by atoms with E-state index in [0.29, 0.717) is 11.3 Å². The van der Waals surface area contributed by atoms with E-state index in [1.54, 1.807) is 37.3 Å². The van der Waals surface area contributed by atoms with E-state index in [1.165, 1.54) is 12.1 Å². The first-order valence-corrected chi connectivity index (χ1v) is 6.02. The van der Waals surface area contributed by atoms with E-state index in [0.717, 1.165) is 5.56 Å². The third-order valence-electron chi connectivity index (χ3n) is 2.74. The third kappa shape index (κ3) is 2.93. The quantitative estimate of drug-likeness (QED) is 0.627. The predicted octanol–water partition coefficient (Wildman–Crippen LogP) is 3.55. The van der Waals surface area contributed by atoms with Crippen LogP contribution in [0.1, 0.15) is 6.92 Å². The van der Waals surface area contributed by atoms with Gasteiger partial charge in [0.1, 0.15) is 11.8 Å². The summed E-state index contributed by atoms with van der Waals surface area (Å²) >= 11 is 0. The zero-order chi connectivity index (χ0) is 14.5. The normalized spacial score (nSPS) is 11.4. The van der Waals surface area contributed by atoms with Crippen molar-refractivity contribution in [2.75, 3.05) is 0 Å². The average Bonchev–Trinajstić information content (AvgIpc) is 2.47. The van der Waals surface area contributed by atoms with Crippen LogP contribution in [-0.4, -0.2) is 11.0 Å². The van der Waals surface area contributed by atoms with Gasteiger partial charge < -0.3 is 4.74 Å². The van der Waals surface area contributed by atoms with Crippen molar-refractivity contribution in [3.63, 3.8) is 0 Å². The van der Waals surface area contributed by atoms with Crippen LogP contribution in [0.25, 0.3) is 11.1 Å². The minimum atomic E-state index is -0.588. The fourth-order valence-electron chi connectivity index (χ4n) is 1.81. The fourth-order valence-corrected chi connectivity index (χ4v) is 1.81. The van der Waals surface area contributed by atoms with Crippen LogP contribution in [0, 0.1) is 21.4 Å². The Morgan fingerprint density at radius 1 is 1.25 bits per heavy atom. The molecule has 0 saturated carbocycles. The minimum Gasteiger partial charge on any atom is -0.475 e. The number of hydrogen-bond acceptors (Lipinski definition) is 4. The number of nitro groups is 1. The molecule has 0 bridgehead atoms. The first-order valence-electron chi connectivity index (χ1n) is 6.02. The smallest absolute Gasteiger partial charge is 0.270 e. The lowest BCUT2D eigenvalue weighted by Gasteiger charge is -2.12. The Hall–Kier alpha value is -2.87. The number of non-ortho nitro benzene ring substituents is 1. The van der Waals surface area contributed by atoms with Crippen molar-refractivity contribution in [2.45, 2.75) is 13.0 Å². The molecular formula is C15H12N2O3. The van der Waals surface area contributed by atoms with Crippen LogP contribution in [0.15, 0.2) is 48.5 Å². The van der Waals surface area contributed by atoms with Gasteiger partial charge in [-0.15, -0.1) is 0 Å². The molecule has 1 atom stereocenters. The van der Waals surface area contributed by atoms with Crippen LogP contribution in [-0.2, 0) is 0 Å². The Balaban J connectivity index is 2.45.